The normalized spacial score (nSPS) is 8.71. The van der Waals surface area contributed by atoms with Crippen LogP contribution in [-0.2, 0) is 11.3 Å². The van der Waals surface area contributed by atoms with Crippen LogP contribution in [0.15, 0.2) is 24.3 Å². The van der Waals surface area contributed by atoms with E-state index in [0.29, 0.717) is 6.54 Å². The topological polar surface area (TPSA) is 55.1 Å². The van der Waals surface area contributed by atoms with E-state index in [2.05, 4.69) is 17.2 Å². The second kappa shape index (κ2) is 5.05. The number of amides is 1. The number of benzene rings is 1. The van der Waals surface area contributed by atoms with Crippen LogP contribution >= 0.6 is 0 Å². The van der Waals surface area contributed by atoms with E-state index < -0.39 is 0 Å². The first-order valence-electron chi connectivity index (χ1n) is 4.29. The molecule has 0 heterocycles. The van der Waals surface area contributed by atoms with E-state index in [-0.39, 0.29) is 5.91 Å². The van der Waals surface area contributed by atoms with Gasteiger partial charge in [-0.3, -0.25) is 4.79 Å². The highest BCUT2D eigenvalue weighted by molar-refractivity contribution is 6.03. The van der Waals surface area contributed by atoms with E-state index in [1.165, 1.54) is 0 Å². The highest BCUT2D eigenvalue weighted by Crippen LogP contribution is 2.09. The average Bonchev–Trinajstić information content (AvgIpc) is 2.18. The Balaban J connectivity index is 2.75. The van der Waals surface area contributed by atoms with Crippen molar-refractivity contribution in [2.24, 2.45) is 5.73 Å². The van der Waals surface area contributed by atoms with Gasteiger partial charge in [0.1, 0.15) is 0 Å². The fraction of sp³-hybridized carbons (Fsp3) is 0.182. The maximum Gasteiger partial charge on any atom is 0.300 e. The van der Waals surface area contributed by atoms with Crippen LogP contribution in [-0.4, -0.2) is 5.91 Å². The molecule has 3 nitrogen and oxygen atoms in total. The van der Waals surface area contributed by atoms with Gasteiger partial charge < -0.3 is 11.1 Å². The van der Waals surface area contributed by atoms with Gasteiger partial charge in [0.05, 0.1) is 0 Å². The number of hydrogen-bond donors (Lipinski definition) is 2. The minimum Gasteiger partial charge on any atom is -0.326 e. The van der Waals surface area contributed by atoms with Gasteiger partial charge in [0.2, 0.25) is 0 Å². The molecule has 0 unspecified atom stereocenters. The third-order valence-electron chi connectivity index (χ3n) is 1.66. The maximum absolute atomic E-state index is 11.1. The van der Waals surface area contributed by atoms with Crippen LogP contribution in [0.5, 0.6) is 0 Å². The summed E-state index contributed by atoms with van der Waals surface area (Å²) in [6.07, 6.45) is 0. The maximum atomic E-state index is 11.1. The van der Waals surface area contributed by atoms with Gasteiger partial charge in [0.25, 0.3) is 5.91 Å². The summed E-state index contributed by atoms with van der Waals surface area (Å²) >= 11 is 0. The number of anilines is 1. The quantitative estimate of drug-likeness (QED) is 0.683. The van der Waals surface area contributed by atoms with Gasteiger partial charge in [-0.15, -0.1) is 0 Å². The van der Waals surface area contributed by atoms with Crippen LogP contribution in [0.2, 0.25) is 0 Å². The molecule has 0 aliphatic rings. The predicted molar refractivity (Wildman–Crippen MR) is 56.4 cm³/mol. The van der Waals surface area contributed by atoms with E-state index in [9.17, 15) is 4.79 Å². The molecule has 0 spiro atoms. The second-order valence-electron chi connectivity index (χ2n) is 2.73. The first-order valence-corrected chi connectivity index (χ1v) is 4.29. The Labute approximate surface area is 83.3 Å². The fourth-order valence-corrected chi connectivity index (χ4v) is 1.05. The van der Waals surface area contributed by atoms with Crippen LogP contribution in [0, 0.1) is 11.8 Å². The van der Waals surface area contributed by atoms with E-state index >= 15 is 0 Å². The average molecular weight is 188 g/mol. The Hall–Kier alpha value is -1.79. The molecule has 14 heavy (non-hydrogen) atoms. The summed E-state index contributed by atoms with van der Waals surface area (Å²) in [7, 11) is 0. The van der Waals surface area contributed by atoms with Crippen molar-refractivity contribution in [3.63, 3.8) is 0 Å². The van der Waals surface area contributed by atoms with Gasteiger partial charge in [0, 0.05) is 12.2 Å². The van der Waals surface area contributed by atoms with Crippen molar-refractivity contribution >= 4 is 11.6 Å². The summed E-state index contributed by atoms with van der Waals surface area (Å²) in [5.41, 5.74) is 7.17. The number of carbonyl (C=O) groups excluding carboxylic acids is 1. The molecule has 1 aromatic carbocycles. The number of hydrogen-bond acceptors (Lipinski definition) is 2. The van der Waals surface area contributed by atoms with Gasteiger partial charge in [-0.05, 0) is 30.5 Å². The Morgan fingerprint density at radius 1 is 1.57 bits per heavy atom. The van der Waals surface area contributed by atoms with Crippen molar-refractivity contribution in [1.29, 1.82) is 0 Å². The van der Waals surface area contributed by atoms with Crippen molar-refractivity contribution in [1.82, 2.24) is 0 Å². The zero-order chi connectivity index (χ0) is 10.4. The molecule has 0 fully saturated rings. The van der Waals surface area contributed by atoms with Crippen molar-refractivity contribution in [3.8, 4) is 11.8 Å². The summed E-state index contributed by atoms with van der Waals surface area (Å²) in [6, 6.07) is 7.38. The molecule has 0 saturated heterocycles. The molecule has 0 bridgehead atoms. The standard InChI is InChI=1S/C11H12N2O/c1-2-4-11(14)13-10-6-3-5-9(7-10)8-12/h3,5-7H,8,12H2,1H3,(H,13,14). The lowest BCUT2D eigenvalue weighted by Gasteiger charge is -2.02. The number of nitrogens with two attached hydrogens (primary N) is 1. The molecule has 0 saturated carbocycles. The third kappa shape index (κ3) is 2.92. The largest absolute Gasteiger partial charge is 0.326 e. The summed E-state index contributed by atoms with van der Waals surface area (Å²) in [5.74, 6) is 4.63. The third-order valence-corrected chi connectivity index (χ3v) is 1.66. The molecule has 0 aromatic heterocycles. The molecule has 0 radical (unpaired) electrons. The molecule has 3 heteroatoms. The van der Waals surface area contributed by atoms with Crippen molar-refractivity contribution in [2.45, 2.75) is 13.5 Å². The lowest BCUT2D eigenvalue weighted by Crippen LogP contribution is -2.08. The van der Waals surface area contributed by atoms with E-state index in [1.807, 2.05) is 18.2 Å². The van der Waals surface area contributed by atoms with Crippen LogP contribution in [0.1, 0.15) is 12.5 Å². The van der Waals surface area contributed by atoms with Crippen molar-refractivity contribution < 1.29 is 4.79 Å². The van der Waals surface area contributed by atoms with Crippen LogP contribution in [0.3, 0.4) is 0 Å². The van der Waals surface area contributed by atoms with Crippen molar-refractivity contribution in [2.75, 3.05) is 5.32 Å². The SMILES string of the molecule is CC#CC(=O)Nc1cccc(CN)c1. The highest BCUT2D eigenvalue weighted by atomic mass is 16.1. The first-order chi connectivity index (χ1) is 6.76. The zero-order valence-electron chi connectivity index (χ0n) is 8.00. The lowest BCUT2D eigenvalue weighted by molar-refractivity contribution is -0.111. The molecule has 0 aliphatic heterocycles. The summed E-state index contributed by atoms with van der Waals surface area (Å²) < 4.78 is 0. The van der Waals surface area contributed by atoms with E-state index in [4.69, 9.17) is 5.73 Å². The molecular formula is C11H12N2O. The fourth-order valence-electron chi connectivity index (χ4n) is 1.05. The summed E-state index contributed by atoms with van der Waals surface area (Å²) in [5, 5.41) is 2.65. The zero-order valence-corrected chi connectivity index (χ0v) is 8.00. The van der Waals surface area contributed by atoms with E-state index in [0.717, 1.165) is 11.3 Å². The Kier molecular flexibility index (Phi) is 3.71. The second-order valence-corrected chi connectivity index (χ2v) is 2.73. The number of nitrogens with one attached hydrogen (secondary N) is 1. The molecule has 1 amide bonds. The highest BCUT2D eigenvalue weighted by Gasteiger charge is 1.97. The van der Waals surface area contributed by atoms with Gasteiger partial charge in [-0.25, -0.2) is 0 Å². The number of carbonyl (C=O) groups is 1. The predicted octanol–water partition coefficient (Wildman–Crippen LogP) is 1.11. The Morgan fingerprint density at radius 2 is 2.36 bits per heavy atom. The van der Waals surface area contributed by atoms with Crippen LogP contribution in [0.25, 0.3) is 0 Å². The molecular weight excluding hydrogens is 176 g/mol. The molecule has 72 valence electrons. The first kappa shape index (κ1) is 10.3. The van der Waals surface area contributed by atoms with Crippen LogP contribution < -0.4 is 11.1 Å². The Morgan fingerprint density at radius 3 is 3.00 bits per heavy atom. The minimum absolute atomic E-state index is 0.304. The van der Waals surface area contributed by atoms with Gasteiger partial charge in [0.15, 0.2) is 0 Å². The molecule has 1 aromatic rings. The summed E-state index contributed by atoms with van der Waals surface area (Å²) in [4.78, 5) is 11.1. The molecule has 1 rings (SSSR count). The smallest absolute Gasteiger partial charge is 0.300 e. The van der Waals surface area contributed by atoms with Crippen LogP contribution in [0.4, 0.5) is 5.69 Å². The minimum atomic E-state index is -0.304. The summed E-state index contributed by atoms with van der Waals surface area (Å²) in [6.45, 7) is 2.08. The molecule has 0 atom stereocenters. The lowest BCUT2D eigenvalue weighted by atomic mass is 10.2. The van der Waals surface area contributed by atoms with Gasteiger partial charge >= 0.3 is 0 Å². The Bertz CT molecular complexity index is 388. The van der Waals surface area contributed by atoms with Gasteiger partial charge in [-0.2, -0.15) is 0 Å². The number of rotatable bonds is 2. The van der Waals surface area contributed by atoms with E-state index in [1.54, 1.807) is 13.0 Å². The molecule has 0 aliphatic carbocycles. The van der Waals surface area contributed by atoms with Gasteiger partial charge in [-0.1, -0.05) is 18.1 Å². The monoisotopic (exact) mass is 188 g/mol. The van der Waals surface area contributed by atoms with Crippen molar-refractivity contribution in [3.05, 3.63) is 29.8 Å². The molecule has 3 N–H and O–H groups in total.